The molecule has 20 heavy (non-hydrogen) atoms. The van der Waals surface area contributed by atoms with Crippen LogP contribution in [0.15, 0.2) is 54.0 Å². The highest BCUT2D eigenvalue weighted by Gasteiger charge is 2.22. The van der Waals surface area contributed by atoms with Gasteiger partial charge in [-0.05, 0) is 32.6 Å². The fraction of sp³-hybridized carbons (Fsp3) is 0. The van der Waals surface area contributed by atoms with Crippen LogP contribution in [-0.2, 0) is 0 Å². The Balaban J connectivity index is 2.92. The number of hydrogen-bond acceptors (Lipinski definition) is 2. The van der Waals surface area contributed by atoms with E-state index in [1.165, 1.54) is 6.07 Å². The molecule has 0 heterocycles. The van der Waals surface area contributed by atoms with E-state index in [1.807, 2.05) is 30.3 Å². The van der Waals surface area contributed by atoms with Gasteiger partial charge >= 0.3 is 0 Å². The molecule has 0 atom stereocenters. The zero-order valence-electron chi connectivity index (χ0n) is 10.7. The van der Waals surface area contributed by atoms with Crippen LogP contribution >= 0.6 is 15.9 Å². The molecule has 0 aliphatic carbocycles. The molecule has 2 aromatic carbocycles. The molecule has 0 aromatic heterocycles. The van der Waals surface area contributed by atoms with E-state index in [9.17, 15) is 10.1 Å². The average Bonchev–Trinajstić information content (AvgIpc) is 2.46. The molecule has 0 aliphatic rings. The first-order valence-corrected chi connectivity index (χ1v) is 6.70. The van der Waals surface area contributed by atoms with Crippen molar-refractivity contribution in [1.82, 2.24) is 0 Å². The number of benzene rings is 2. The molecule has 100 valence electrons. The highest BCUT2D eigenvalue weighted by molar-refractivity contribution is 9.10. The fourth-order valence-electron chi connectivity index (χ4n) is 2.14. The van der Waals surface area contributed by atoms with Crippen molar-refractivity contribution in [2.75, 3.05) is 0 Å². The summed E-state index contributed by atoms with van der Waals surface area (Å²) in [5.41, 5.74) is 2.88. The first-order valence-electron chi connectivity index (χ1n) is 5.91. The maximum absolute atomic E-state index is 11.3. The maximum Gasteiger partial charge on any atom is 0.278 e. The van der Waals surface area contributed by atoms with Crippen LogP contribution in [0.5, 0.6) is 0 Å². The monoisotopic (exact) mass is 329 g/mol. The molecule has 4 heteroatoms. The normalized spacial score (nSPS) is 10.1. The molecule has 0 bridgehead atoms. The zero-order chi connectivity index (χ0) is 14.7. The predicted molar refractivity (Wildman–Crippen MR) is 86.4 cm³/mol. The van der Waals surface area contributed by atoms with Gasteiger partial charge in [0.25, 0.3) is 5.69 Å². The standard InChI is InChI=1S/C16H12BrNO2/c1-3-12-13(4-2)16(11-8-6-5-7-9-11)15(18(19)20)10-14(12)17/h3-10H,1-2H2. The number of halogens is 1. The van der Waals surface area contributed by atoms with Gasteiger partial charge in [-0.2, -0.15) is 0 Å². The minimum Gasteiger partial charge on any atom is -0.258 e. The van der Waals surface area contributed by atoms with E-state index in [0.717, 1.165) is 11.1 Å². The quantitative estimate of drug-likeness (QED) is 0.563. The van der Waals surface area contributed by atoms with Crippen LogP contribution in [0.1, 0.15) is 11.1 Å². The number of nitrogens with zero attached hydrogens (tertiary/aromatic N) is 1. The number of nitro groups is 1. The zero-order valence-corrected chi connectivity index (χ0v) is 12.3. The molecule has 0 amide bonds. The predicted octanol–water partition coefficient (Wildman–Crippen LogP) is 5.31. The van der Waals surface area contributed by atoms with Crippen molar-refractivity contribution < 1.29 is 4.92 Å². The average molecular weight is 330 g/mol. The van der Waals surface area contributed by atoms with Crippen LogP contribution in [0.3, 0.4) is 0 Å². The second-order valence-electron chi connectivity index (χ2n) is 4.11. The van der Waals surface area contributed by atoms with Crippen molar-refractivity contribution >= 4 is 33.8 Å². The minimum absolute atomic E-state index is 0.0450. The van der Waals surface area contributed by atoms with Crippen LogP contribution < -0.4 is 0 Å². The van der Waals surface area contributed by atoms with E-state index >= 15 is 0 Å². The topological polar surface area (TPSA) is 43.1 Å². The fourth-order valence-corrected chi connectivity index (χ4v) is 2.74. The molecule has 3 nitrogen and oxygen atoms in total. The Labute approximate surface area is 125 Å². The molecular weight excluding hydrogens is 318 g/mol. The third-order valence-corrected chi connectivity index (χ3v) is 3.66. The molecule has 0 fully saturated rings. The van der Waals surface area contributed by atoms with E-state index in [-0.39, 0.29) is 10.6 Å². The highest BCUT2D eigenvalue weighted by atomic mass is 79.9. The van der Waals surface area contributed by atoms with Crippen molar-refractivity contribution in [1.29, 1.82) is 0 Å². The summed E-state index contributed by atoms with van der Waals surface area (Å²) in [4.78, 5) is 11.0. The number of rotatable bonds is 4. The lowest BCUT2D eigenvalue weighted by Crippen LogP contribution is -1.97. The van der Waals surface area contributed by atoms with Crippen LogP contribution in [0, 0.1) is 10.1 Å². The highest BCUT2D eigenvalue weighted by Crippen LogP contribution is 2.40. The Hall–Kier alpha value is -2.20. The van der Waals surface area contributed by atoms with Gasteiger partial charge < -0.3 is 0 Å². The lowest BCUT2D eigenvalue weighted by Gasteiger charge is -2.12. The summed E-state index contributed by atoms with van der Waals surface area (Å²) >= 11 is 3.35. The summed E-state index contributed by atoms with van der Waals surface area (Å²) < 4.78 is 0.633. The van der Waals surface area contributed by atoms with Gasteiger partial charge in [-0.1, -0.05) is 55.6 Å². The number of hydrogen-bond donors (Lipinski definition) is 0. The van der Waals surface area contributed by atoms with E-state index in [0.29, 0.717) is 15.6 Å². The molecule has 0 spiro atoms. The van der Waals surface area contributed by atoms with Gasteiger partial charge in [-0.15, -0.1) is 0 Å². The Bertz CT molecular complexity index is 693. The summed E-state index contributed by atoms with van der Waals surface area (Å²) in [6, 6.07) is 10.8. The van der Waals surface area contributed by atoms with Gasteiger partial charge in [0, 0.05) is 10.5 Å². The molecule has 2 aromatic rings. The van der Waals surface area contributed by atoms with Crippen molar-refractivity contribution in [3.63, 3.8) is 0 Å². The molecule has 0 unspecified atom stereocenters. The lowest BCUT2D eigenvalue weighted by atomic mass is 9.93. The van der Waals surface area contributed by atoms with Crippen molar-refractivity contribution in [2.24, 2.45) is 0 Å². The van der Waals surface area contributed by atoms with Gasteiger partial charge in [0.15, 0.2) is 0 Å². The van der Waals surface area contributed by atoms with Crippen molar-refractivity contribution in [3.8, 4) is 11.1 Å². The van der Waals surface area contributed by atoms with E-state index in [2.05, 4.69) is 29.1 Å². The largest absolute Gasteiger partial charge is 0.278 e. The first kappa shape index (κ1) is 14.2. The SMILES string of the molecule is C=Cc1c(Br)cc([N+](=O)[O-])c(-c2ccccc2)c1C=C. The summed E-state index contributed by atoms with van der Waals surface area (Å²) in [5.74, 6) is 0. The lowest BCUT2D eigenvalue weighted by molar-refractivity contribution is -0.384. The second kappa shape index (κ2) is 5.84. The Kier molecular flexibility index (Phi) is 4.15. The third kappa shape index (κ3) is 2.42. The summed E-state index contributed by atoms with van der Waals surface area (Å²) in [7, 11) is 0. The van der Waals surface area contributed by atoms with Crippen LogP contribution in [-0.4, -0.2) is 4.92 Å². The molecular formula is C16H12BrNO2. The smallest absolute Gasteiger partial charge is 0.258 e. The Morgan fingerprint density at radius 1 is 1.10 bits per heavy atom. The summed E-state index contributed by atoms with van der Waals surface area (Å²) in [6.07, 6.45) is 3.29. The summed E-state index contributed by atoms with van der Waals surface area (Å²) in [6.45, 7) is 7.54. The van der Waals surface area contributed by atoms with Crippen LogP contribution in [0.4, 0.5) is 5.69 Å². The van der Waals surface area contributed by atoms with Crippen molar-refractivity contribution in [3.05, 3.63) is 75.3 Å². The van der Waals surface area contributed by atoms with Gasteiger partial charge in [-0.3, -0.25) is 10.1 Å². The maximum atomic E-state index is 11.3. The molecule has 0 radical (unpaired) electrons. The van der Waals surface area contributed by atoms with E-state index in [1.54, 1.807) is 12.2 Å². The molecule has 0 saturated heterocycles. The molecule has 0 saturated carbocycles. The van der Waals surface area contributed by atoms with Crippen LogP contribution in [0.25, 0.3) is 23.3 Å². The van der Waals surface area contributed by atoms with Gasteiger partial charge in [0.2, 0.25) is 0 Å². The minimum atomic E-state index is -0.382. The molecule has 0 aliphatic heterocycles. The van der Waals surface area contributed by atoms with Crippen LogP contribution in [0.2, 0.25) is 0 Å². The van der Waals surface area contributed by atoms with Crippen molar-refractivity contribution in [2.45, 2.75) is 0 Å². The van der Waals surface area contributed by atoms with E-state index in [4.69, 9.17) is 0 Å². The van der Waals surface area contributed by atoms with Gasteiger partial charge in [0.1, 0.15) is 0 Å². The molecule has 0 N–H and O–H groups in total. The Morgan fingerprint density at radius 2 is 1.70 bits per heavy atom. The first-order chi connectivity index (χ1) is 9.60. The third-order valence-electron chi connectivity index (χ3n) is 3.00. The van der Waals surface area contributed by atoms with E-state index < -0.39 is 0 Å². The van der Waals surface area contributed by atoms with Gasteiger partial charge in [0.05, 0.1) is 10.5 Å². The van der Waals surface area contributed by atoms with Gasteiger partial charge in [-0.25, -0.2) is 0 Å². The second-order valence-corrected chi connectivity index (χ2v) is 4.97. The molecule has 2 rings (SSSR count). The number of nitro benzene ring substituents is 1. The Morgan fingerprint density at radius 3 is 2.20 bits per heavy atom. The summed E-state index contributed by atoms with van der Waals surface area (Å²) in [5, 5.41) is 11.3.